The van der Waals surface area contributed by atoms with Crippen molar-refractivity contribution in [1.29, 1.82) is 0 Å². The summed E-state index contributed by atoms with van der Waals surface area (Å²) in [6, 6.07) is 25.0. The SMILES string of the molecule is COc1ccc(C2=C(c3ccc(/C=C/C(=O)O)cc3)c3ccccc3CCC2)cc1. The van der Waals surface area contributed by atoms with Gasteiger partial charge in [0.25, 0.3) is 0 Å². The fourth-order valence-corrected chi connectivity index (χ4v) is 4.06. The van der Waals surface area contributed by atoms with Crippen LogP contribution in [-0.4, -0.2) is 18.2 Å². The number of hydrogen-bond acceptors (Lipinski definition) is 2. The molecule has 0 aliphatic heterocycles. The minimum atomic E-state index is -0.943. The summed E-state index contributed by atoms with van der Waals surface area (Å²) in [4.78, 5) is 10.8. The fourth-order valence-electron chi connectivity index (χ4n) is 4.06. The molecule has 1 N–H and O–H groups in total. The first-order valence-corrected chi connectivity index (χ1v) is 10.1. The van der Waals surface area contributed by atoms with Gasteiger partial charge in [0.05, 0.1) is 7.11 Å². The normalized spacial score (nSPS) is 13.8. The van der Waals surface area contributed by atoms with Crippen LogP contribution < -0.4 is 4.74 Å². The molecule has 3 heteroatoms. The van der Waals surface area contributed by atoms with Crippen molar-refractivity contribution in [3.8, 4) is 5.75 Å². The number of allylic oxidation sites excluding steroid dienone is 1. The molecule has 30 heavy (non-hydrogen) atoms. The summed E-state index contributed by atoms with van der Waals surface area (Å²) in [6.45, 7) is 0. The molecule has 1 aliphatic carbocycles. The summed E-state index contributed by atoms with van der Waals surface area (Å²) in [5.74, 6) is -0.0919. The molecule has 0 saturated heterocycles. The Morgan fingerprint density at radius 2 is 1.60 bits per heavy atom. The monoisotopic (exact) mass is 396 g/mol. The molecule has 0 radical (unpaired) electrons. The van der Waals surface area contributed by atoms with E-state index in [1.54, 1.807) is 13.2 Å². The molecule has 0 aromatic heterocycles. The van der Waals surface area contributed by atoms with E-state index in [2.05, 4.69) is 48.5 Å². The Morgan fingerprint density at radius 3 is 2.30 bits per heavy atom. The molecule has 3 nitrogen and oxygen atoms in total. The van der Waals surface area contributed by atoms with E-state index in [9.17, 15) is 4.79 Å². The standard InChI is InChI=1S/C27H24O3/c1-30-23-16-14-21(15-17-23)25-8-4-6-20-5-2-3-7-24(20)27(25)22-12-9-19(10-13-22)11-18-26(28)29/h2-3,5,7,9-18H,4,6,8H2,1H3,(H,28,29)/b18-11+. The maximum atomic E-state index is 10.8. The molecule has 4 rings (SSSR count). The number of carbonyl (C=O) groups is 1. The smallest absolute Gasteiger partial charge is 0.328 e. The van der Waals surface area contributed by atoms with Gasteiger partial charge in [-0.2, -0.15) is 0 Å². The van der Waals surface area contributed by atoms with Crippen molar-refractivity contribution in [2.24, 2.45) is 0 Å². The lowest BCUT2D eigenvalue weighted by atomic mass is 9.87. The predicted molar refractivity (Wildman–Crippen MR) is 121 cm³/mol. The van der Waals surface area contributed by atoms with Gasteiger partial charge < -0.3 is 9.84 Å². The van der Waals surface area contributed by atoms with E-state index in [1.165, 1.54) is 27.8 Å². The van der Waals surface area contributed by atoms with E-state index in [0.717, 1.165) is 42.2 Å². The van der Waals surface area contributed by atoms with Gasteiger partial charge in [-0.05, 0) is 76.4 Å². The third-order valence-corrected chi connectivity index (χ3v) is 5.52. The molecular weight excluding hydrogens is 372 g/mol. The Balaban J connectivity index is 1.86. The van der Waals surface area contributed by atoms with Gasteiger partial charge >= 0.3 is 5.97 Å². The van der Waals surface area contributed by atoms with Crippen LogP contribution in [0, 0.1) is 0 Å². The Bertz CT molecular complexity index is 1100. The van der Waals surface area contributed by atoms with Crippen LogP contribution in [0.25, 0.3) is 17.2 Å². The minimum absolute atomic E-state index is 0.851. The van der Waals surface area contributed by atoms with Gasteiger partial charge in [0.1, 0.15) is 5.75 Å². The molecule has 0 amide bonds. The van der Waals surface area contributed by atoms with E-state index in [4.69, 9.17) is 9.84 Å². The second kappa shape index (κ2) is 8.83. The van der Waals surface area contributed by atoms with Crippen LogP contribution in [0.1, 0.15) is 40.7 Å². The van der Waals surface area contributed by atoms with Gasteiger partial charge in [-0.15, -0.1) is 0 Å². The number of carboxylic acid groups (broad SMARTS) is 1. The zero-order valence-electron chi connectivity index (χ0n) is 17.0. The first kappa shape index (κ1) is 19.7. The maximum Gasteiger partial charge on any atom is 0.328 e. The van der Waals surface area contributed by atoms with Crippen LogP contribution in [0.3, 0.4) is 0 Å². The highest BCUT2D eigenvalue weighted by Gasteiger charge is 2.19. The summed E-state index contributed by atoms with van der Waals surface area (Å²) < 4.78 is 5.34. The van der Waals surface area contributed by atoms with Crippen molar-refractivity contribution in [1.82, 2.24) is 0 Å². The van der Waals surface area contributed by atoms with E-state index in [0.29, 0.717) is 0 Å². The molecular formula is C27H24O3. The van der Waals surface area contributed by atoms with Crippen molar-refractivity contribution in [2.75, 3.05) is 7.11 Å². The second-order valence-electron chi connectivity index (χ2n) is 7.39. The molecule has 0 unspecified atom stereocenters. The lowest BCUT2D eigenvalue weighted by Crippen LogP contribution is -1.96. The molecule has 3 aromatic rings. The number of carboxylic acids is 1. The molecule has 0 saturated carbocycles. The van der Waals surface area contributed by atoms with Crippen LogP contribution in [0.5, 0.6) is 5.75 Å². The van der Waals surface area contributed by atoms with Crippen molar-refractivity contribution in [2.45, 2.75) is 19.3 Å². The molecule has 150 valence electrons. The highest BCUT2D eigenvalue weighted by molar-refractivity contribution is 6.00. The summed E-state index contributed by atoms with van der Waals surface area (Å²) in [6.07, 6.45) is 5.93. The number of aliphatic carboxylic acids is 1. The van der Waals surface area contributed by atoms with Gasteiger partial charge in [-0.1, -0.05) is 60.7 Å². The third kappa shape index (κ3) is 4.20. The van der Waals surface area contributed by atoms with Gasteiger partial charge in [-0.3, -0.25) is 0 Å². The molecule has 1 aliphatic rings. The Morgan fingerprint density at radius 1 is 0.900 bits per heavy atom. The summed E-state index contributed by atoms with van der Waals surface area (Å²) in [5, 5.41) is 8.87. The second-order valence-corrected chi connectivity index (χ2v) is 7.39. The van der Waals surface area contributed by atoms with Gasteiger partial charge in [0.15, 0.2) is 0 Å². The van der Waals surface area contributed by atoms with E-state index in [-0.39, 0.29) is 0 Å². The van der Waals surface area contributed by atoms with E-state index in [1.807, 2.05) is 24.3 Å². The summed E-state index contributed by atoms with van der Waals surface area (Å²) in [7, 11) is 1.68. The van der Waals surface area contributed by atoms with Crippen LogP contribution in [0.2, 0.25) is 0 Å². The highest BCUT2D eigenvalue weighted by atomic mass is 16.5. The van der Waals surface area contributed by atoms with Crippen LogP contribution in [-0.2, 0) is 11.2 Å². The molecule has 0 heterocycles. The average Bonchev–Trinajstić information content (AvgIpc) is 2.98. The first-order valence-electron chi connectivity index (χ1n) is 10.1. The lowest BCUT2D eigenvalue weighted by Gasteiger charge is -2.17. The van der Waals surface area contributed by atoms with Crippen molar-refractivity contribution < 1.29 is 14.6 Å². The Kier molecular flexibility index (Phi) is 5.80. The summed E-state index contributed by atoms with van der Waals surface area (Å²) in [5.41, 5.74) is 8.44. The number of methoxy groups -OCH3 is 1. The van der Waals surface area contributed by atoms with Crippen molar-refractivity contribution in [3.05, 3.63) is 107 Å². The number of rotatable bonds is 5. The predicted octanol–water partition coefficient (Wildman–Crippen LogP) is 6.09. The Labute approximate surface area is 177 Å². The van der Waals surface area contributed by atoms with Crippen LogP contribution >= 0.6 is 0 Å². The zero-order valence-corrected chi connectivity index (χ0v) is 17.0. The number of aryl methyl sites for hydroxylation is 1. The molecule has 0 bridgehead atoms. The molecule has 0 spiro atoms. The van der Waals surface area contributed by atoms with Crippen molar-refractivity contribution in [3.63, 3.8) is 0 Å². The van der Waals surface area contributed by atoms with Gasteiger partial charge in [0.2, 0.25) is 0 Å². The molecule has 0 atom stereocenters. The lowest BCUT2D eigenvalue weighted by molar-refractivity contribution is -0.131. The van der Waals surface area contributed by atoms with Crippen LogP contribution in [0.15, 0.2) is 78.9 Å². The van der Waals surface area contributed by atoms with Crippen molar-refractivity contribution >= 4 is 23.2 Å². The fraction of sp³-hybridized carbons (Fsp3) is 0.148. The maximum absolute atomic E-state index is 10.8. The summed E-state index contributed by atoms with van der Waals surface area (Å²) >= 11 is 0. The third-order valence-electron chi connectivity index (χ3n) is 5.52. The highest BCUT2D eigenvalue weighted by Crippen LogP contribution is 2.40. The Hall–Kier alpha value is -3.59. The van der Waals surface area contributed by atoms with Crippen LogP contribution in [0.4, 0.5) is 0 Å². The quantitative estimate of drug-likeness (QED) is 0.531. The molecule has 0 fully saturated rings. The number of hydrogen-bond donors (Lipinski definition) is 1. The minimum Gasteiger partial charge on any atom is -0.497 e. The van der Waals surface area contributed by atoms with E-state index >= 15 is 0 Å². The van der Waals surface area contributed by atoms with Gasteiger partial charge in [0, 0.05) is 6.08 Å². The number of benzene rings is 3. The first-order chi connectivity index (χ1) is 14.7. The number of ether oxygens (including phenoxy) is 1. The number of fused-ring (bicyclic) bond motifs is 1. The molecule has 3 aromatic carbocycles. The largest absolute Gasteiger partial charge is 0.497 e. The zero-order chi connectivity index (χ0) is 20.9. The topological polar surface area (TPSA) is 46.5 Å². The average molecular weight is 396 g/mol. The van der Waals surface area contributed by atoms with Gasteiger partial charge in [-0.25, -0.2) is 4.79 Å². The van der Waals surface area contributed by atoms with E-state index < -0.39 is 5.97 Å².